The molecule has 0 spiro atoms. The summed E-state index contributed by atoms with van der Waals surface area (Å²) in [5.74, 6) is -0.944. The van der Waals surface area contributed by atoms with E-state index in [9.17, 15) is 9.59 Å². The minimum atomic E-state index is -1.21. The second kappa shape index (κ2) is 6.58. The Balaban J connectivity index is 1.94. The van der Waals surface area contributed by atoms with Crippen molar-refractivity contribution in [3.8, 4) is 0 Å². The molecule has 0 aromatic heterocycles. The van der Waals surface area contributed by atoms with Crippen LogP contribution in [0.2, 0.25) is 0 Å². The maximum atomic E-state index is 12.5. The third-order valence-corrected chi connectivity index (χ3v) is 4.40. The lowest BCUT2D eigenvalue weighted by atomic mass is 10.0. The summed E-state index contributed by atoms with van der Waals surface area (Å²) in [6, 6.07) is 0. The summed E-state index contributed by atoms with van der Waals surface area (Å²) in [6.45, 7) is 3.68. The maximum absolute atomic E-state index is 12.5. The number of likely N-dealkylation sites (N-methyl/N-ethyl adjacent to an activating group) is 1. The number of hydrogen-bond acceptors (Lipinski definition) is 4. The topological polar surface area (TPSA) is 86.9 Å². The van der Waals surface area contributed by atoms with Crippen molar-refractivity contribution in [2.45, 2.75) is 44.6 Å². The molecule has 6 heteroatoms. The van der Waals surface area contributed by atoms with Crippen LogP contribution in [0.5, 0.6) is 0 Å². The molecule has 0 saturated carbocycles. The van der Waals surface area contributed by atoms with Gasteiger partial charge in [0.05, 0.1) is 6.54 Å². The highest BCUT2D eigenvalue weighted by molar-refractivity contribution is 5.81. The zero-order chi connectivity index (χ0) is 15.5. The van der Waals surface area contributed by atoms with Gasteiger partial charge in [0.25, 0.3) is 0 Å². The fourth-order valence-electron chi connectivity index (χ4n) is 3.11. The first-order valence-corrected chi connectivity index (χ1v) is 7.70. The van der Waals surface area contributed by atoms with Crippen molar-refractivity contribution in [2.24, 2.45) is 5.73 Å². The van der Waals surface area contributed by atoms with Crippen molar-refractivity contribution < 1.29 is 14.7 Å². The standard InChI is InChI=1S/C15H25N3O3/c1-2-18(12-6-4-3-5-7-12)13(19)10-17-9-8-15(16,11-17)14(20)21/h6H,2-5,7-11,16H2,1H3,(H,20,21). The number of carboxylic acids is 1. The predicted octanol–water partition coefficient (Wildman–Crippen LogP) is 0.781. The Morgan fingerprint density at radius 2 is 2.24 bits per heavy atom. The van der Waals surface area contributed by atoms with E-state index in [4.69, 9.17) is 10.8 Å². The predicted molar refractivity (Wildman–Crippen MR) is 79.5 cm³/mol. The third-order valence-electron chi connectivity index (χ3n) is 4.40. The molecule has 1 amide bonds. The van der Waals surface area contributed by atoms with Gasteiger partial charge in [0.1, 0.15) is 5.54 Å². The molecule has 0 aromatic carbocycles. The number of aliphatic carboxylic acids is 1. The number of likely N-dealkylation sites (tertiary alicyclic amines) is 1. The van der Waals surface area contributed by atoms with E-state index in [0.29, 0.717) is 19.5 Å². The van der Waals surface area contributed by atoms with Crippen LogP contribution >= 0.6 is 0 Å². The first kappa shape index (κ1) is 16.0. The van der Waals surface area contributed by atoms with Gasteiger partial charge in [-0.15, -0.1) is 0 Å². The Morgan fingerprint density at radius 1 is 1.48 bits per heavy atom. The van der Waals surface area contributed by atoms with E-state index in [2.05, 4.69) is 6.08 Å². The van der Waals surface area contributed by atoms with Gasteiger partial charge in [0.2, 0.25) is 5.91 Å². The molecule has 118 valence electrons. The van der Waals surface area contributed by atoms with Crippen molar-refractivity contribution in [1.82, 2.24) is 9.80 Å². The van der Waals surface area contributed by atoms with E-state index in [1.807, 2.05) is 16.7 Å². The Bertz CT molecular complexity index is 449. The van der Waals surface area contributed by atoms with Crippen LogP contribution in [-0.2, 0) is 9.59 Å². The van der Waals surface area contributed by atoms with Crippen molar-refractivity contribution in [3.05, 3.63) is 11.8 Å². The smallest absolute Gasteiger partial charge is 0.325 e. The maximum Gasteiger partial charge on any atom is 0.325 e. The van der Waals surface area contributed by atoms with Gasteiger partial charge in [-0.25, -0.2) is 0 Å². The summed E-state index contributed by atoms with van der Waals surface area (Å²) in [7, 11) is 0. The Morgan fingerprint density at radius 3 is 2.76 bits per heavy atom. The number of nitrogens with zero attached hydrogens (tertiary/aromatic N) is 2. The van der Waals surface area contributed by atoms with Gasteiger partial charge in [-0.3, -0.25) is 14.5 Å². The minimum Gasteiger partial charge on any atom is -0.480 e. The first-order valence-electron chi connectivity index (χ1n) is 7.70. The monoisotopic (exact) mass is 295 g/mol. The molecule has 1 aliphatic carbocycles. The second-order valence-corrected chi connectivity index (χ2v) is 6.00. The fourth-order valence-corrected chi connectivity index (χ4v) is 3.11. The molecule has 2 aliphatic rings. The second-order valence-electron chi connectivity index (χ2n) is 6.00. The molecular weight excluding hydrogens is 270 g/mol. The van der Waals surface area contributed by atoms with Crippen LogP contribution in [-0.4, -0.2) is 58.5 Å². The van der Waals surface area contributed by atoms with Gasteiger partial charge >= 0.3 is 5.97 Å². The molecule has 6 nitrogen and oxygen atoms in total. The van der Waals surface area contributed by atoms with E-state index in [1.165, 1.54) is 6.42 Å². The highest BCUT2D eigenvalue weighted by atomic mass is 16.4. The quantitative estimate of drug-likeness (QED) is 0.782. The van der Waals surface area contributed by atoms with Crippen LogP contribution < -0.4 is 5.73 Å². The van der Waals surface area contributed by atoms with Crippen LogP contribution in [0, 0.1) is 0 Å². The molecular formula is C15H25N3O3. The van der Waals surface area contributed by atoms with Gasteiger partial charge < -0.3 is 15.7 Å². The van der Waals surface area contributed by atoms with Crippen molar-refractivity contribution in [1.29, 1.82) is 0 Å². The summed E-state index contributed by atoms with van der Waals surface area (Å²) in [6.07, 6.45) is 6.85. The van der Waals surface area contributed by atoms with Crippen LogP contribution in [0.4, 0.5) is 0 Å². The highest BCUT2D eigenvalue weighted by Crippen LogP contribution is 2.23. The number of carbonyl (C=O) groups excluding carboxylic acids is 1. The molecule has 1 fully saturated rings. The van der Waals surface area contributed by atoms with E-state index in [0.717, 1.165) is 25.0 Å². The molecule has 1 heterocycles. The Kier molecular flexibility index (Phi) is 5.00. The average molecular weight is 295 g/mol. The molecule has 1 aliphatic heterocycles. The average Bonchev–Trinajstić information content (AvgIpc) is 2.83. The normalized spacial score (nSPS) is 26.5. The van der Waals surface area contributed by atoms with E-state index in [1.54, 1.807) is 0 Å². The largest absolute Gasteiger partial charge is 0.480 e. The number of carbonyl (C=O) groups is 2. The molecule has 1 saturated heterocycles. The number of hydrogen-bond donors (Lipinski definition) is 2. The van der Waals surface area contributed by atoms with E-state index >= 15 is 0 Å². The van der Waals surface area contributed by atoms with Crippen molar-refractivity contribution in [3.63, 3.8) is 0 Å². The molecule has 0 bridgehead atoms. The molecule has 3 N–H and O–H groups in total. The van der Waals surface area contributed by atoms with Crippen LogP contribution in [0.3, 0.4) is 0 Å². The molecule has 0 radical (unpaired) electrons. The number of nitrogens with two attached hydrogens (primary N) is 1. The number of allylic oxidation sites excluding steroid dienone is 2. The lowest BCUT2D eigenvalue weighted by Crippen LogP contribution is -2.51. The lowest BCUT2D eigenvalue weighted by Gasteiger charge is -2.28. The summed E-state index contributed by atoms with van der Waals surface area (Å²) < 4.78 is 0. The summed E-state index contributed by atoms with van der Waals surface area (Å²) in [5, 5.41) is 9.13. The zero-order valence-electron chi connectivity index (χ0n) is 12.7. The van der Waals surface area contributed by atoms with Gasteiger partial charge in [-0.1, -0.05) is 6.08 Å². The molecule has 21 heavy (non-hydrogen) atoms. The number of amides is 1. The van der Waals surface area contributed by atoms with Gasteiger partial charge in [0.15, 0.2) is 0 Å². The molecule has 1 unspecified atom stereocenters. The van der Waals surface area contributed by atoms with Crippen molar-refractivity contribution >= 4 is 11.9 Å². The third kappa shape index (κ3) is 3.63. The first-order chi connectivity index (χ1) is 9.96. The SMILES string of the molecule is CCN(C(=O)CN1CCC(N)(C(=O)O)C1)C1=CCCCC1. The summed E-state index contributed by atoms with van der Waals surface area (Å²) in [4.78, 5) is 27.3. The van der Waals surface area contributed by atoms with Gasteiger partial charge in [-0.05, 0) is 39.0 Å². The van der Waals surface area contributed by atoms with Crippen molar-refractivity contribution in [2.75, 3.05) is 26.2 Å². The highest BCUT2D eigenvalue weighted by Gasteiger charge is 2.41. The molecule has 1 atom stereocenters. The Hall–Kier alpha value is -1.40. The Labute approximate surface area is 125 Å². The van der Waals surface area contributed by atoms with E-state index in [-0.39, 0.29) is 19.0 Å². The zero-order valence-corrected chi connectivity index (χ0v) is 12.7. The molecule has 2 rings (SSSR count). The molecule has 0 aromatic rings. The van der Waals surface area contributed by atoms with Crippen LogP contribution in [0.15, 0.2) is 11.8 Å². The summed E-state index contributed by atoms with van der Waals surface area (Å²) in [5.41, 5.74) is 5.75. The fraction of sp³-hybridized carbons (Fsp3) is 0.733. The minimum absolute atomic E-state index is 0.0419. The van der Waals surface area contributed by atoms with E-state index < -0.39 is 11.5 Å². The van der Waals surface area contributed by atoms with Gasteiger partial charge in [0, 0.05) is 25.3 Å². The number of rotatable bonds is 5. The van der Waals surface area contributed by atoms with Crippen LogP contribution in [0.25, 0.3) is 0 Å². The van der Waals surface area contributed by atoms with Gasteiger partial charge in [-0.2, -0.15) is 0 Å². The van der Waals surface area contributed by atoms with Crippen LogP contribution in [0.1, 0.15) is 39.0 Å². The summed E-state index contributed by atoms with van der Waals surface area (Å²) >= 11 is 0. The lowest BCUT2D eigenvalue weighted by molar-refractivity contribution is -0.143. The number of carboxylic acid groups (broad SMARTS) is 1.